The van der Waals surface area contributed by atoms with Crippen molar-refractivity contribution in [2.45, 2.75) is 19.3 Å². The molecule has 0 saturated heterocycles. The maximum Gasteiger partial charge on any atom is 0.136 e. The summed E-state index contributed by atoms with van der Waals surface area (Å²) >= 11 is 1.80. The zero-order chi connectivity index (χ0) is 9.71. The van der Waals surface area contributed by atoms with Crippen LogP contribution in [0.25, 0.3) is 0 Å². The van der Waals surface area contributed by atoms with Gasteiger partial charge in [-0.15, -0.1) is 11.3 Å². The second kappa shape index (κ2) is 2.60. The van der Waals surface area contributed by atoms with Crippen LogP contribution in [-0.2, 0) is 12.8 Å². The molecule has 3 nitrogen and oxygen atoms in total. The van der Waals surface area contributed by atoms with Crippen molar-refractivity contribution in [3.63, 3.8) is 0 Å². The van der Waals surface area contributed by atoms with Crippen LogP contribution in [0.3, 0.4) is 0 Å². The zero-order valence-electron chi connectivity index (χ0n) is 7.76. The van der Waals surface area contributed by atoms with Crippen molar-refractivity contribution in [3.05, 3.63) is 28.4 Å². The summed E-state index contributed by atoms with van der Waals surface area (Å²) in [6, 6.07) is 0. The van der Waals surface area contributed by atoms with Gasteiger partial charge in [0.15, 0.2) is 0 Å². The summed E-state index contributed by atoms with van der Waals surface area (Å²) in [5.41, 5.74) is 8.45. The highest BCUT2D eigenvalue weighted by atomic mass is 32.1. The Balaban J connectivity index is 2.23. The van der Waals surface area contributed by atoms with Gasteiger partial charge >= 0.3 is 0 Å². The van der Waals surface area contributed by atoms with Gasteiger partial charge in [0.25, 0.3) is 0 Å². The Morgan fingerprint density at radius 2 is 2.29 bits per heavy atom. The van der Waals surface area contributed by atoms with E-state index in [1.807, 2.05) is 0 Å². The van der Waals surface area contributed by atoms with Gasteiger partial charge in [0.2, 0.25) is 0 Å². The minimum Gasteiger partial charge on any atom is -0.383 e. The minimum absolute atomic E-state index is 0.628. The highest BCUT2D eigenvalue weighted by Gasteiger charge is 2.26. The molecule has 0 radical (unpaired) electrons. The van der Waals surface area contributed by atoms with E-state index < -0.39 is 0 Å². The number of nitrogens with one attached hydrogen (secondary N) is 1. The summed E-state index contributed by atoms with van der Waals surface area (Å²) in [4.78, 5) is 5.64. The molecule has 14 heavy (non-hydrogen) atoms. The summed E-state index contributed by atoms with van der Waals surface area (Å²) in [6.07, 6.45) is 3.59. The first kappa shape index (κ1) is 8.05. The van der Waals surface area contributed by atoms with Crippen molar-refractivity contribution in [1.82, 2.24) is 0 Å². The first-order chi connectivity index (χ1) is 6.75. The lowest BCUT2D eigenvalue weighted by atomic mass is 10.1. The maximum atomic E-state index is 5.91. The van der Waals surface area contributed by atoms with E-state index in [0.717, 1.165) is 17.0 Å². The number of aryl methyl sites for hydroxylation is 1. The Morgan fingerprint density at radius 3 is 3.14 bits per heavy atom. The molecule has 1 aliphatic carbocycles. The molecule has 1 aliphatic heterocycles. The van der Waals surface area contributed by atoms with Crippen molar-refractivity contribution >= 4 is 22.2 Å². The number of hydrogen-bond donors (Lipinski definition) is 2. The van der Waals surface area contributed by atoms with Crippen LogP contribution in [0, 0.1) is 0 Å². The molecule has 72 valence electrons. The number of nitrogens with zero attached hydrogens (tertiary/aromatic N) is 1. The highest BCUT2D eigenvalue weighted by Crippen LogP contribution is 2.40. The fourth-order valence-corrected chi connectivity index (χ4v) is 3.44. The Labute approximate surface area is 86.3 Å². The third kappa shape index (κ3) is 0.944. The van der Waals surface area contributed by atoms with Gasteiger partial charge in [0.1, 0.15) is 16.7 Å². The molecule has 3 rings (SSSR count). The number of aliphatic imine (C=N–C) groups is 1. The Hall–Kier alpha value is -1.29. The fraction of sp³-hybridized carbons (Fsp3) is 0.300. The van der Waals surface area contributed by atoms with Crippen LogP contribution >= 0.6 is 11.3 Å². The third-order valence-electron chi connectivity index (χ3n) is 2.69. The molecule has 0 atom stereocenters. The quantitative estimate of drug-likeness (QED) is 0.679. The van der Waals surface area contributed by atoms with Gasteiger partial charge in [-0.1, -0.05) is 6.58 Å². The number of fused-ring (bicyclic) bond motifs is 3. The topological polar surface area (TPSA) is 50.4 Å². The molecule has 3 N–H and O–H groups in total. The van der Waals surface area contributed by atoms with Crippen LogP contribution in [0.2, 0.25) is 0 Å². The van der Waals surface area contributed by atoms with Crippen molar-refractivity contribution in [3.8, 4) is 0 Å². The SMILES string of the molecule is C=C1N=C(N)c2c(sc3c2CCC3)N1. The summed E-state index contributed by atoms with van der Waals surface area (Å²) in [5.74, 6) is 1.28. The highest BCUT2D eigenvalue weighted by molar-refractivity contribution is 7.16. The number of anilines is 1. The molecule has 0 unspecified atom stereocenters. The number of thiophene rings is 1. The Bertz CT molecular complexity index is 456. The van der Waals surface area contributed by atoms with Gasteiger partial charge in [-0.25, -0.2) is 4.99 Å². The van der Waals surface area contributed by atoms with Crippen molar-refractivity contribution < 1.29 is 0 Å². The molecule has 4 heteroatoms. The molecule has 0 amide bonds. The average Bonchev–Trinajstić information content (AvgIpc) is 2.60. The summed E-state index contributed by atoms with van der Waals surface area (Å²) < 4.78 is 0. The minimum atomic E-state index is 0.628. The smallest absolute Gasteiger partial charge is 0.136 e. The standard InChI is InChI=1S/C10H11N3S/c1-5-12-9(11)8-6-3-2-4-7(6)14-10(8)13-5/h13H,1-4H2,(H2,11,12). The molecule has 0 spiro atoms. The van der Waals surface area contributed by atoms with Crippen molar-refractivity contribution in [2.24, 2.45) is 10.7 Å². The summed E-state index contributed by atoms with van der Waals surface area (Å²) in [7, 11) is 0. The molecule has 0 aromatic carbocycles. The van der Waals surface area contributed by atoms with Crippen LogP contribution in [0.15, 0.2) is 17.4 Å². The first-order valence-electron chi connectivity index (χ1n) is 4.70. The van der Waals surface area contributed by atoms with Crippen LogP contribution in [0.5, 0.6) is 0 Å². The third-order valence-corrected chi connectivity index (χ3v) is 3.90. The maximum absolute atomic E-state index is 5.91. The van der Waals surface area contributed by atoms with E-state index in [-0.39, 0.29) is 0 Å². The van der Waals surface area contributed by atoms with E-state index in [2.05, 4.69) is 16.9 Å². The molecule has 0 saturated carbocycles. The lowest BCUT2D eigenvalue weighted by Gasteiger charge is -2.14. The normalized spacial score (nSPS) is 18.6. The van der Waals surface area contributed by atoms with E-state index in [0.29, 0.717) is 11.7 Å². The number of rotatable bonds is 0. The molecule has 0 bridgehead atoms. The lowest BCUT2D eigenvalue weighted by molar-refractivity contribution is 0.913. The Morgan fingerprint density at radius 1 is 1.43 bits per heavy atom. The average molecular weight is 205 g/mol. The first-order valence-corrected chi connectivity index (χ1v) is 5.52. The molecule has 2 heterocycles. The van der Waals surface area contributed by atoms with Crippen LogP contribution in [0.4, 0.5) is 5.00 Å². The van der Waals surface area contributed by atoms with Gasteiger partial charge in [-0.05, 0) is 24.8 Å². The van der Waals surface area contributed by atoms with E-state index in [4.69, 9.17) is 5.73 Å². The zero-order valence-corrected chi connectivity index (χ0v) is 8.58. The lowest BCUT2D eigenvalue weighted by Crippen LogP contribution is -2.20. The molecule has 1 aromatic heterocycles. The molecular weight excluding hydrogens is 194 g/mol. The predicted molar refractivity (Wildman–Crippen MR) is 59.8 cm³/mol. The molecule has 2 aliphatic rings. The fourth-order valence-electron chi connectivity index (χ4n) is 2.12. The Kier molecular flexibility index (Phi) is 1.50. The number of amidine groups is 1. The predicted octanol–water partition coefficient (Wildman–Crippen LogP) is 1.84. The second-order valence-corrected chi connectivity index (χ2v) is 4.74. The molecule has 1 aromatic rings. The molecule has 0 fully saturated rings. The van der Waals surface area contributed by atoms with Gasteiger partial charge in [0, 0.05) is 4.88 Å². The van der Waals surface area contributed by atoms with Gasteiger partial charge in [-0.3, -0.25) is 0 Å². The number of hydrogen-bond acceptors (Lipinski definition) is 4. The van der Waals surface area contributed by atoms with Crippen LogP contribution in [0.1, 0.15) is 22.4 Å². The molecular formula is C10H11N3S. The summed E-state index contributed by atoms with van der Waals surface area (Å²) in [5, 5.41) is 4.31. The van der Waals surface area contributed by atoms with Gasteiger partial charge < -0.3 is 11.1 Å². The van der Waals surface area contributed by atoms with E-state index in [1.165, 1.54) is 23.3 Å². The monoisotopic (exact) mass is 205 g/mol. The second-order valence-electron chi connectivity index (χ2n) is 3.63. The van der Waals surface area contributed by atoms with Crippen LogP contribution < -0.4 is 11.1 Å². The van der Waals surface area contributed by atoms with Gasteiger partial charge in [0.05, 0.1) is 5.56 Å². The van der Waals surface area contributed by atoms with E-state index in [9.17, 15) is 0 Å². The van der Waals surface area contributed by atoms with Gasteiger partial charge in [-0.2, -0.15) is 0 Å². The largest absolute Gasteiger partial charge is 0.383 e. The van der Waals surface area contributed by atoms with Crippen molar-refractivity contribution in [1.29, 1.82) is 0 Å². The van der Waals surface area contributed by atoms with Crippen LogP contribution in [-0.4, -0.2) is 5.84 Å². The van der Waals surface area contributed by atoms with E-state index >= 15 is 0 Å². The van der Waals surface area contributed by atoms with E-state index in [1.54, 1.807) is 11.3 Å². The number of nitrogens with two attached hydrogens (primary N) is 1. The van der Waals surface area contributed by atoms with Crippen molar-refractivity contribution in [2.75, 3.05) is 5.32 Å². The summed E-state index contributed by atoms with van der Waals surface area (Å²) in [6.45, 7) is 3.77.